The molecule has 0 aliphatic rings. The Morgan fingerprint density at radius 1 is 0.818 bits per heavy atom. The second-order valence-electron chi connectivity index (χ2n) is 7.67. The van der Waals surface area contributed by atoms with Crippen LogP contribution in [0.15, 0.2) is 48.5 Å². The van der Waals surface area contributed by atoms with Gasteiger partial charge in [0.25, 0.3) is 0 Å². The predicted molar refractivity (Wildman–Crippen MR) is 98.3 cm³/mol. The molecule has 2 heteroatoms. The lowest BCUT2D eigenvalue weighted by Crippen LogP contribution is -2.43. The highest BCUT2D eigenvalue weighted by atomic mass is 28.4. The van der Waals surface area contributed by atoms with Crippen LogP contribution in [0.4, 0.5) is 0 Å². The van der Waals surface area contributed by atoms with Crippen molar-refractivity contribution < 1.29 is 4.43 Å². The fourth-order valence-electron chi connectivity index (χ4n) is 2.06. The number of rotatable bonds is 4. The van der Waals surface area contributed by atoms with Crippen molar-refractivity contribution in [2.75, 3.05) is 0 Å². The summed E-state index contributed by atoms with van der Waals surface area (Å²) in [7, 11) is -1.74. The van der Waals surface area contributed by atoms with E-state index in [1.54, 1.807) is 0 Å². The zero-order chi connectivity index (χ0) is 16.4. The normalized spacial score (nSPS) is 12.3. The smallest absolute Gasteiger partial charge is 0.250 e. The van der Waals surface area contributed by atoms with Gasteiger partial charge in [-0.25, -0.2) is 0 Å². The molecule has 0 bridgehead atoms. The third-order valence-electron chi connectivity index (χ3n) is 4.63. The van der Waals surface area contributed by atoms with E-state index in [1.165, 1.54) is 16.7 Å². The first-order valence-electron chi connectivity index (χ1n) is 8.01. The highest BCUT2D eigenvalue weighted by molar-refractivity contribution is 6.74. The maximum atomic E-state index is 6.33. The summed E-state index contributed by atoms with van der Waals surface area (Å²) in [6.45, 7) is 13.5. The van der Waals surface area contributed by atoms with Gasteiger partial charge in [-0.05, 0) is 54.7 Å². The highest BCUT2D eigenvalue weighted by Gasteiger charge is 2.38. The van der Waals surface area contributed by atoms with Crippen LogP contribution < -0.4 is 4.43 Å². The molecule has 0 aromatic heterocycles. The maximum Gasteiger partial charge on any atom is 0.250 e. The van der Waals surface area contributed by atoms with Gasteiger partial charge in [0.05, 0.1) is 0 Å². The van der Waals surface area contributed by atoms with Crippen LogP contribution >= 0.6 is 0 Å². The maximum absolute atomic E-state index is 6.33. The fraction of sp³-hybridized carbons (Fsp3) is 0.400. The molecule has 0 saturated heterocycles. The van der Waals surface area contributed by atoms with Crippen LogP contribution in [0.25, 0.3) is 0 Å². The largest absolute Gasteiger partial charge is 0.544 e. The molecule has 0 fully saturated rings. The number of benzene rings is 2. The predicted octanol–water partition coefficient (Wildman–Crippen LogP) is 5.97. The lowest BCUT2D eigenvalue weighted by molar-refractivity contribution is 0.492. The molecule has 22 heavy (non-hydrogen) atoms. The topological polar surface area (TPSA) is 9.23 Å². The first-order valence-corrected chi connectivity index (χ1v) is 10.9. The molecule has 1 nitrogen and oxygen atoms in total. The molecule has 0 radical (unpaired) electrons. The quantitative estimate of drug-likeness (QED) is 0.632. The lowest BCUT2D eigenvalue weighted by Gasteiger charge is -2.36. The summed E-state index contributed by atoms with van der Waals surface area (Å²) in [5, 5.41) is 0.230. The summed E-state index contributed by atoms with van der Waals surface area (Å²) in [4.78, 5) is 0. The molecule has 0 aliphatic carbocycles. The number of aryl methyl sites for hydroxylation is 1. The van der Waals surface area contributed by atoms with Crippen molar-refractivity contribution in [1.29, 1.82) is 0 Å². The Morgan fingerprint density at radius 2 is 1.27 bits per heavy atom. The lowest BCUT2D eigenvalue weighted by atomic mass is 10.0. The van der Waals surface area contributed by atoms with Crippen LogP contribution in [-0.4, -0.2) is 8.32 Å². The zero-order valence-electron chi connectivity index (χ0n) is 14.7. The average molecular weight is 313 g/mol. The molecule has 0 aliphatic heterocycles. The van der Waals surface area contributed by atoms with E-state index in [1.807, 2.05) is 0 Å². The van der Waals surface area contributed by atoms with E-state index in [0.29, 0.717) is 0 Å². The van der Waals surface area contributed by atoms with E-state index in [4.69, 9.17) is 4.43 Å². The van der Waals surface area contributed by atoms with Crippen LogP contribution in [0.2, 0.25) is 18.1 Å². The monoisotopic (exact) mass is 312 g/mol. The number of hydrogen-bond donors (Lipinski definition) is 0. The summed E-state index contributed by atoms with van der Waals surface area (Å²) in [5.41, 5.74) is 3.98. The van der Waals surface area contributed by atoms with Crippen LogP contribution in [-0.2, 0) is 6.42 Å². The van der Waals surface area contributed by atoms with E-state index < -0.39 is 8.32 Å². The molecule has 118 valence electrons. The van der Waals surface area contributed by atoms with Crippen LogP contribution in [0.3, 0.4) is 0 Å². The molecule has 0 atom stereocenters. The molecule has 0 spiro atoms. The Morgan fingerprint density at radius 3 is 1.73 bits per heavy atom. The number of hydrogen-bond acceptors (Lipinski definition) is 1. The van der Waals surface area contributed by atoms with Gasteiger partial charge in [0.15, 0.2) is 0 Å². The molecule has 0 saturated carbocycles. The van der Waals surface area contributed by atoms with E-state index >= 15 is 0 Å². The van der Waals surface area contributed by atoms with Crippen LogP contribution in [0.1, 0.15) is 37.5 Å². The first-order chi connectivity index (χ1) is 10.2. The van der Waals surface area contributed by atoms with E-state index in [2.05, 4.69) is 89.3 Å². The van der Waals surface area contributed by atoms with Crippen LogP contribution in [0.5, 0.6) is 5.75 Å². The molecule has 0 amide bonds. The molecule has 2 aromatic carbocycles. The van der Waals surface area contributed by atoms with Crippen molar-refractivity contribution in [2.24, 2.45) is 0 Å². The fourth-order valence-corrected chi connectivity index (χ4v) is 3.10. The highest BCUT2D eigenvalue weighted by Crippen LogP contribution is 2.37. The molecular formula is C20H28OSi. The third-order valence-corrected chi connectivity index (χ3v) is 8.99. The van der Waals surface area contributed by atoms with Crippen molar-refractivity contribution in [3.63, 3.8) is 0 Å². The molecule has 0 unspecified atom stereocenters. The van der Waals surface area contributed by atoms with Gasteiger partial charge in [0.2, 0.25) is 8.32 Å². The summed E-state index contributed by atoms with van der Waals surface area (Å²) in [6.07, 6.45) is 0.973. The van der Waals surface area contributed by atoms with Gasteiger partial charge in [0, 0.05) is 0 Å². The summed E-state index contributed by atoms with van der Waals surface area (Å²) in [6, 6.07) is 17.3. The van der Waals surface area contributed by atoms with E-state index in [-0.39, 0.29) is 5.04 Å². The minimum absolute atomic E-state index is 0.230. The second kappa shape index (κ2) is 6.29. The minimum atomic E-state index is -1.74. The second-order valence-corrected chi connectivity index (χ2v) is 12.4. The summed E-state index contributed by atoms with van der Waals surface area (Å²) in [5.74, 6) is 0.999. The van der Waals surface area contributed by atoms with Gasteiger partial charge < -0.3 is 4.43 Å². The minimum Gasteiger partial charge on any atom is -0.544 e. The van der Waals surface area contributed by atoms with Gasteiger partial charge in [-0.2, -0.15) is 0 Å². The zero-order valence-corrected chi connectivity index (χ0v) is 15.7. The molecule has 0 heterocycles. The summed E-state index contributed by atoms with van der Waals surface area (Å²) < 4.78 is 6.33. The Hall–Kier alpha value is -1.54. The Labute approximate surface area is 136 Å². The average Bonchev–Trinajstić information content (AvgIpc) is 2.42. The SMILES string of the molecule is Cc1ccc(Cc2ccc(O[Si](C)(C)C(C)(C)C)cc2)cc1. The van der Waals surface area contributed by atoms with Gasteiger partial charge in [0.1, 0.15) is 5.75 Å². The molecule has 2 rings (SSSR count). The van der Waals surface area contributed by atoms with E-state index in [9.17, 15) is 0 Å². The van der Waals surface area contributed by atoms with Crippen molar-refractivity contribution in [2.45, 2.75) is 52.2 Å². The van der Waals surface area contributed by atoms with Gasteiger partial charge >= 0.3 is 0 Å². The Bertz CT molecular complexity index is 604. The standard InChI is InChI=1S/C20H28OSi/c1-16-7-9-17(10-8-16)15-18-11-13-19(14-12-18)21-22(5,6)20(2,3)4/h7-14H,15H2,1-6H3. The first kappa shape index (κ1) is 16.8. The van der Waals surface area contributed by atoms with Crippen molar-refractivity contribution in [3.8, 4) is 5.75 Å². The van der Waals surface area contributed by atoms with Crippen LogP contribution in [0, 0.1) is 6.92 Å². The molecule has 2 aromatic rings. The Kier molecular flexibility index (Phi) is 4.81. The van der Waals surface area contributed by atoms with E-state index in [0.717, 1.165) is 12.2 Å². The van der Waals surface area contributed by atoms with Gasteiger partial charge in [-0.1, -0.05) is 62.7 Å². The van der Waals surface area contributed by atoms with Gasteiger partial charge in [-0.15, -0.1) is 0 Å². The van der Waals surface area contributed by atoms with Crippen molar-refractivity contribution in [3.05, 3.63) is 65.2 Å². The van der Waals surface area contributed by atoms with Gasteiger partial charge in [-0.3, -0.25) is 0 Å². The molecular weight excluding hydrogens is 284 g/mol. The molecule has 0 N–H and O–H groups in total. The third kappa shape index (κ3) is 4.23. The van der Waals surface area contributed by atoms with Crippen molar-refractivity contribution >= 4 is 8.32 Å². The Balaban J connectivity index is 2.06. The van der Waals surface area contributed by atoms with Crippen molar-refractivity contribution in [1.82, 2.24) is 0 Å². The summed E-state index contributed by atoms with van der Waals surface area (Å²) >= 11 is 0.